The second-order valence-corrected chi connectivity index (χ2v) is 7.17. The van der Waals surface area contributed by atoms with Crippen LogP contribution in [-0.4, -0.2) is 40.6 Å². The Kier molecular flexibility index (Phi) is 8.64. The highest BCUT2D eigenvalue weighted by Crippen LogP contribution is 2.24. The van der Waals surface area contributed by atoms with E-state index >= 15 is 0 Å². The molecule has 6 heteroatoms. The van der Waals surface area contributed by atoms with Crippen molar-refractivity contribution in [1.82, 2.24) is 14.5 Å². The van der Waals surface area contributed by atoms with E-state index in [1.54, 1.807) is 24.8 Å². The zero-order valence-corrected chi connectivity index (χ0v) is 17.6. The lowest BCUT2D eigenvalue weighted by atomic mass is 10.1. The molecule has 0 fully saturated rings. The van der Waals surface area contributed by atoms with Crippen molar-refractivity contribution in [2.75, 3.05) is 20.3 Å². The first-order chi connectivity index (χ1) is 13.5. The molecule has 0 spiro atoms. The van der Waals surface area contributed by atoms with Crippen molar-refractivity contribution in [3.63, 3.8) is 0 Å². The van der Waals surface area contributed by atoms with Crippen LogP contribution >= 0.6 is 0 Å². The van der Waals surface area contributed by atoms with E-state index in [-0.39, 0.29) is 17.5 Å². The molecule has 1 aromatic carbocycles. The molecule has 0 saturated heterocycles. The summed E-state index contributed by atoms with van der Waals surface area (Å²) in [7, 11) is 3.37. The first-order valence-corrected chi connectivity index (χ1v) is 10.3. The molecule has 1 aromatic heterocycles. The molecule has 6 nitrogen and oxygen atoms in total. The molecule has 2 aromatic rings. The molecular formula is C22H33N3O3. The van der Waals surface area contributed by atoms with Gasteiger partial charge in [0.1, 0.15) is 5.82 Å². The predicted molar refractivity (Wildman–Crippen MR) is 112 cm³/mol. The monoisotopic (exact) mass is 387 g/mol. The predicted octanol–water partition coefficient (Wildman–Crippen LogP) is 3.83. The molecule has 0 aliphatic heterocycles. The van der Waals surface area contributed by atoms with Crippen LogP contribution in [0.25, 0.3) is 10.9 Å². The van der Waals surface area contributed by atoms with Gasteiger partial charge in [0.15, 0.2) is 0 Å². The van der Waals surface area contributed by atoms with Gasteiger partial charge in [-0.15, -0.1) is 0 Å². The van der Waals surface area contributed by atoms with Crippen LogP contribution in [0.3, 0.4) is 0 Å². The smallest absolute Gasteiger partial charge is 0.261 e. The van der Waals surface area contributed by atoms with E-state index in [0.29, 0.717) is 42.7 Å². The molecular weight excluding hydrogens is 354 g/mol. The summed E-state index contributed by atoms with van der Waals surface area (Å²) in [6.07, 6.45) is 5.43. The summed E-state index contributed by atoms with van der Waals surface area (Å²) in [5.41, 5.74) is 0.585. The molecule has 1 heterocycles. The van der Waals surface area contributed by atoms with Crippen molar-refractivity contribution in [3.05, 3.63) is 40.4 Å². The van der Waals surface area contributed by atoms with Crippen molar-refractivity contribution in [1.29, 1.82) is 0 Å². The number of fused-ring (bicyclic) bond motifs is 1. The Bertz CT molecular complexity index is 831. The molecule has 28 heavy (non-hydrogen) atoms. The lowest BCUT2D eigenvalue weighted by Crippen LogP contribution is -2.40. The highest BCUT2D eigenvalue weighted by atomic mass is 16.5. The van der Waals surface area contributed by atoms with E-state index in [1.807, 2.05) is 30.0 Å². The van der Waals surface area contributed by atoms with E-state index in [4.69, 9.17) is 9.72 Å². The van der Waals surface area contributed by atoms with Gasteiger partial charge in [-0.05, 0) is 25.0 Å². The third-order valence-corrected chi connectivity index (χ3v) is 5.18. The van der Waals surface area contributed by atoms with Gasteiger partial charge < -0.3 is 9.64 Å². The van der Waals surface area contributed by atoms with Crippen molar-refractivity contribution < 1.29 is 9.53 Å². The Hall–Kier alpha value is -2.21. The highest BCUT2D eigenvalue weighted by molar-refractivity contribution is 5.78. The van der Waals surface area contributed by atoms with E-state index in [2.05, 4.69) is 6.92 Å². The molecule has 154 valence electrons. The molecule has 0 aliphatic rings. The fourth-order valence-corrected chi connectivity index (χ4v) is 3.57. The minimum absolute atomic E-state index is 0.0823. The van der Waals surface area contributed by atoms with Crippen LogP contribution < -0.4 is 5.56 Å². The Morgan fingerprint density at radius 2 is 1.96 bits per heavy atom. The number of unbranched alkanes of at least 4 members (excludes halogenated alkanes) is 3. The van der Waals surface area contributed by atoms with Gasteiger partial charge in [-0.25, -0.2) is 4.98 Å². The van der Waals surface area contributed by atoms with Crippen molar-refractivity contribution >= 4 is 16.8 Å². The first-order valence-electron chi connectivity index (χ1n) is 10.3. The Morgan fingerprint density at radius 3 is 2.64 bits per heavy atom. The van der Waals surface area contributed by atoms with Crippen molar-refractivity contribution in [2.24, 2.45) is 7.05 Å². The minimum Gasteiger partial charge on any atom is -0.383 e. The number of rotatable bonds is 11. The average Bonchev–Trinajstić information content (AvgIpc) is 2.71. The Labute approximate surface area is 167 Å². The number of hydrogen-bond donors (Lipinski definition) is 0. The number of carbonyl (C=O) groups is 1. The Morgan fingerprint density at radius 1 is 1.21 bits per heavy atom. The van der Waals surface area contributed by atoms with Crippen LogP contribution in [-0.2, 0) is 16.6 Å². The fourth-order valence-electron chi connectivity index (χ4n) is 3.57. The minimum atomic E-state index is -0.254. The number of amides is 1. The summed E-state index contributed by atoms with van der Waals surface area (Å²) < 4.78 is 6.82. The highest BCUT2D eigenvalue weighted by Gasteiger charge is 2.27. The van der Waals surface area contributed by atoms with Gasteiger partial charge >= 0.3 is 0 Å². The van der Waals surface area contributed by atoms with Gasteiger partial charge in [0.25, 0.3) is 5.56 Å². The van der Waals surface area contributed by atoms with Gasteiger partial charge in [0.2, 0.25) is 5.91 Å². The third kappa shape index (κ3) is 5.19. The second kappa shape index (κ2) is 11.0. The summed E-state index contributed by atoms with van der Waals surface area (Å²) in [6.45, 7) is 5.13. The number of methoxy groups -OCH3 is 1. The normalized spacial score (nSPS) is 12.3. The average molecular weight is 388 g/mol. The van der Waals surface area contributed by atoms with E-state index in [0.717, 1.165) is 25.7 Å². The van der Waals surface area contributed by atoms with E-state index in [9.17, 15) is 9.59 Å². The van der Waals surface area contributed by atoms with Crippen LogP contribution in [0.15, 0.2) is 29.1 Å². The number of carbonyl (C=O) groups excluding carboxylic acids is 1. The topological polar surface area (TPSA) is 64.4 Å². The number of aromatic nitrogens is 2. The molecule has 0 N–H and O–H groups in total. The zero-order chi connectivity index (χ0) is 20.5. The maximum atomic E-state index is 13.0. The number of hydrogen-bond acceptors (Lipinski definition) is 4. The van der Waals surface area contributed by atoms with Gasteiger partial charge in [0.05, 0.1) is 23.6 Å². The summed E-state index contributed by atoms with van der Waals surface area (Å²) >= 11 is 0. The van der Waals surface area contributed by atoms with Gasteiger partial charge in [0, 0.05) is 27.1 Å². The maximum Gasteiger partial charge on any atom is 0.261 e. The standard InChI is InChI=1S/C22H33N3O3/c1-5-7-8-9-14-20(26)25(15-16-28-4)19(6-2)21-23-18-13-11-10-12-17(18)22(27)24(21)3/h10-13,19H,5-9,14-16H2,1-4H3. The molecule has 0 radical (unpaired) electrons. The van der Waals surface area contributed by atoms with Crippen molar-refractivity contribution in [2.45, 2.75) is 58.4 Å². The summed E-state index contributed by atoms with van der Waals surface area (Å²) in [5.74, 6) is 0.728. The number of nitrogens with zero attached hydrogens (tertiary/aromatic N) is 3. The van der Waals surface area contributed by atoms with Gasteiger partial charge in [-0.2, -0.15) is 0 Å². The summed E-state index contributed by atoms with van der Waals surface area (Å²) in [4.78, 5) is 32.4. The van der Waals surface area contributed by atoms with Gasteiger partial charge in [-0.1, -0.05) is 45.2 Å². The lowest BCUT2D eigenvalue weighted by Gasteiger charge is -2.32. The molecule has 1 amide bonds. The van der Waals surface area contributed by atoms with E-state index < -0.39 is 0 Å². The Balaban J connectivity index is 2.37. The molecule has 1 atom stereocenters. The molecule has 0 aliphatic carbocycles. The largest absolute Gasteiger partial charge is 0.383 e. The summed E-state index contributed by atoms with van der Waals surface area (Å²) in [5, 5.41) is 0.595. The molecule has 0 saturated carbocycles. The maximum absolute atomic E-state index is 13.0. The molecule has 1 unspecified atom stereocenters. The van der Waals surface area contributed by atoms with Crippen LogP contribution in [0.1, 0.15) is 64.2 Å². The lowest BCUT2D eigenvalue weighted by molar-refractivity contribution is -0.135. The number of benzene rings is 1. The van der Waals surface area contributed by atoms with Crippen molar-refractivity contribution in [3.8, 4) is 0 Å². The van der Waals surface area contributed by atoms with Crippen LogP contribution in [0.5, 0.6) is 0 Å². The zero-order valence-electron chi connectivity index (χ0n) is 17.6. The van der Waals surface area contributed by atoms with Crippen LogP contribution in [0.2, 0.25) is 0 Å². The van der Waals surface area contributed by atoms with E-state index in [1.165, 1.54) is 0 Å². The van der Waals surface area contributed by atoms with Crippen LogP contribution in [0, 0.1) is 0 Å². The second-order valence-electron chi connectivity index (χ2n) is 7.17. The van der Waals surface area contributed by atoms with Gasteiger partial charge in [-0.3, -0.25) is 14.2 Å². The SMILES string of the molecule is CCCCCCC(=O)N(CCOC)C(CC)c1nc2ccccc2c(=O)n1C. The number of para-hydroxylation sites is 1. The first kappa shape index (κ1) is 22.1. The number of ether oxygens (including phenoxy) is 1. The fraction of sp³-hybridized carbons (Fsp3) is 0.591. The quantitative estimate of drug-likeness (QED) is 0.550. The summed E-state index contributed by atoms with van der Waals surface area (Å²) in [6, 6.07) is 7.10. The molecule has 0 bridgehead atoms. The third-order valence-electron chi connectivity index (χ3n) is 5.18. The van der Waals surface area contributed by atoms with Crippen LogP contribution in [0.4, 0.5) is 0 Å². The molecule has 2 rings (SSSR count).